The van der Waals surface area contributed by atoms with Crippen molar-refractivity contribution < 1.29 is 8.42 Å². The molecule has 1 fully saturated rings. The van der Waals surface area contributed by atoms with E-state index in [2.05, 4.69) is 4.98 Å². The molecule has 1 aliphatic heterocycles. The van der Waals surface area contributed by atoms with Crippen LogP contribution in [0.1, 0.15) is 30.8 Å². The third kappa shape index (κ3) is 1.87. The number of aromatic nitrogens is 2. The molecule has 90 valence electrons. The normalized spacial score (nSPS) is 20.1. The minimum absolute atomic E-state index is 0.564. The van der Waals surface area contributed by atoms with Gasteiger partial charge in [-0.15, -0.1) is 0 Å². The zero-order chi connectivity index (χ0) is 11.8. The molecule has 1 aromatic rings. The van der Waals surface area contributed by atoms with Gasteiger partial charge in [0.25, 0.3) is 0 Å². The highest BCUT2D eigenvalue weighted by Crippen LogP contribution is 2.26. The van der Waals surface area contributed by atoms with Gasteiger partial charge in [0.1, 0.15) is 11.1 Å². The van der Waals surface area contributed by atoms with Crippen LogP contribution >= 0.6 is 0 Å². The highest BCUT2D eigenvalue weighted by atomic mass is 32.2. The third-order valence-corrected chi connectivity index (χ3v) is 5.28. The first kappa shape index (κ1) is 11.6. The van der Waals surface area contributed by atoms with E-state index in [4.69, 9.17) is 0 Å². The number of hydrogen-bond donors (Lipinski definition) is 0. The van der Waals surface area contributed by atoms with Crippen molar-refractivity contribution in [3.8, 4) is 0 Å². The molecule has 0 bridgehead atoms. The van der Waals surface area contributed by atoms with Crippen molar-refractivity contribution in [2.24, 2.45) is 7.05 Å². The number of imidazole rings is 1. The van der Waals surface area contributed by atoms with Gasteiger partial charge in [0.2, 0.25) is 10.0 Å². The first-order chi connectivity index (χ1) is 7.53. The van der Waals surface area contributed by atoms with E-state index in [1.54, 1.807) is 28.2 Å². The molecule has 0 saturated carbocycles. The summed E-state index contributed by atoms with van der Waals surface area (Å²) in [5, 5.41) is -0.564. The van der Waals surface area contributed by atoms with Gasteiger partial charge in [0.05, 0.1) is 0 Å². The highest BCUT2D eigenvalue weighted by Gasteiger charge is 2.33. The van der Waals surface area contributed by atoms with Crippen LogP contribution < -0.4 is 0 Å². The SMILES string of the molecule is C[C@@H](c1nccn1C)S(=O)(=O)N1CCCC1. The zero-order valence-corrected chi connectivity index (χ0v) is 10.4. The number of sulfonamides is 1. The Morgan fingerprint density at radius 1 is 1.38 bits per heavy atom. The Bertz CT molecular complexity index is 460. The second-order valence-electron chi connectivity index (χ2n) is 4.19. The van der Waals surface area contributed by atoms with Crippen LogP contribution in [0, 0.1) is 0 Å². The smallest absolute Gasteiger partial charge is 0.224 e. The Labute approximate surface area is 96.1 Å². The van der Waals surface area contributed by atoms with Gasteiger partial charge in [0, 0.05) is 32.5 Å². The monoisotopic (exact) mass is 243 g/mol. The van der Waals surface area contributed by atoms with E-state index in [-0.39, 0.29) is 0 Å². The molecular weight excluding hydrogens is 226 g/mol. The van der Waals surface area contributed by atoms with Crippen LogP contribution in [0.15, 0.2) is 12.4 Å². The molecule has 16 heavy (non-hydrogen) atoms. The van der Waals surface area contributed by atoms with Gasteiger partial charge in [0.15, 0.2) is 0 Å². The highest BCUT2D eigenvalue weighted by molar-refractivity contribution is 7.89. The molecule has 2 rings (SSSR count). The van der Waals surface area contributed by atoms with Crippen LogP contribution in [0.3, 0.4) is 0 Å². The Balaban J connectivity index is 2.27. The second kappa shape index (κ2) is 4.18. The molecule has 1 atom stereocenters. The quantitative estimate of drug-likeness (QED) is 0.793. The molecule has 1 aromatic heterocycles. The maximum atomic E-state index is 12.3. The summed E-state index contributed by atoms with van der Waals surface area (Å²) >= 11 is 0. The van der Waals surface area contributed by atoms with Crippen LogP contribution in [-0.4, -0.2) is 35.4 Å². The molecule has 0 spiro atoms. The lowest BCUT2D eigenvalue weighted by atomic mass is 10.4. The van der Waals surface area contributed by atoms with Crippen LogP contribution in [0.25, 0.3) is 0 Å². The van der Waals surface area contributed by atoms with Gasteiger partial charge >= 0.3 is 0 Å². The number of rotatable bonds is 3. The van der Waals surface area contributed by atoms with Crippen molar-refractivity contribution in [3.63, 3.8) is 0 Å². The fourth-order valence-electron chi connectivity index (χ4n) is 2.07. The number of aryl methyl sites for hydroxylation is 1. The predicted molar refractivity (Wildman–Crippen MR) is 61.3 cm³/mol. The molecule has 0 aliphatic carbocycles. The van der Waals surface area contributed by atoms with Gasteiger partial charge in [-0.3, -0.25) is 0 Å². The molecule has 5 nitrogen and oxygen atoms in total. The minimum atomic E-state index is -3.23. The Morgan fingerprint density at radius 2 is 2.00 bits per heavy atom. The molecule has 0 unspecified atom stereocenters. The van der Waals surface area contributed by atoms with Crippen LogP contribution in [0.4, 0.5) is 0 Å². The molecular formula is C10H17N3O2S. The van der Waals surface area contributed by atoms with Crippen LogP contribution in [0.2, 0.25) is 0 Å². The molecule has 0 radical (unpaired) electrons. The summed E-state index contributed by atoms with van der Waals surface area (Å²) in [6, 6.07) is 0. The molecule has 0 N–H and O–H groups in total. The number of hydrogen-bond acceptors (Lipinski definition) is 3. The Hall–Kier alpha value is -0.880. The van der Waals surface area contributed by atoms with Crippen molar-refractivity contribution in [3.05, 3.63) is 18.2 Å². The topological polar surface area (TPSA) is 55.2 Å². The van der Waals surface area contributed by atoms with Gasteiger partial charge in [-0.2, -0.15) is 0 Å². The molecule has 1 aliphatic rings. The van der Waals surface area contributed by atoms with Gasteiger partial charge < -0.3 is 4.57 Å². The van der Waals surface area contributed by atoms with Crippen LogP contribution in [0.5, 0.6) is 0 Å². The Kier molecular flexibility index (Phi) is 3.03. The van der Waals surface area contributed by atoms with E-state index in [1.807, 2.05) is 7.05 Å². The van der Waals surface area contributed by atoms with Gasteiger partial charge in [-0.05, 0) is 19.8 Å². The van der Waals surface area contributed by atoms with Gasteiger partial charge in [-0.25, -0.2) is 17.7 Å². The van der Waals surface area contributed by atoms with E-state index < -0.39 is 15.3 Å². The Morgan fingerprint density at radius 3 is 2.50 bits per heavy atom. The summed E-state index contributed by atoms with van der Waals surface area (Å²) in [5.41, 5.74) is 0. The summed E-state index contributed by atoms with van der Waals surface area (Å²) in [6.07, 6.45) is 5.33. The molecule has 0 aromatic carbocycles. The van der Waals surface area contributed by atoms with E-state index in [0.29, 0.717) is 18.9 Å². The summed E-state index contributed by atoms with van der Waals surface area (Å²) < 4.78 is 27.8. The lowest BCUT2D eigenvalue weighted by Crippen LogP contribution is -2.32. The van der Waals surface area contributed by atoms with Crippen molar-refractivity contribution in [1.82, 2.24) is 13.9 Å². The molecule has 6 heteroatoms. The van der Waals surface area contributed by atoms with Crippen LogP contribution in [-0.2, 0) is 17.1 Å². The summed E-state index contributed by atoms with van der Waals surface area (Å²) in [4.78, 5) is 4.11. The van der Waals surface area contributed by atoms with Crippen molar-refractivity contribution in [2.45, 2.75) is 25.0 Å². The largest absolute Gasteiger partial charge is 0.337 e. The average molecular weight is 243 g/mol. The zero-order valence-electron chi connectivity index (χ0n) is 9.63. The predicted octanol–water partition coefficient (Wildman–Crippen LogP) is 0.907. The van der Waals surface area contributed by atoms with Crippen molar-refractivity contribution >= 4 is 10.0 Å². The first-order valence-corrected chi connectivity index (χ1v) is 7.00. The number of nitrogens with zero attached hydrogens (tertiary/aromatic N) is 3. The van der Waals surface area contributed by atoms with E-state index in [0.717, 1.165) is 12.8 Å². The second-order valence-corrected chi connectivity index (χ2v) is 6.44. The minimum Gasteiger partial charge on any atom is -0.337 e. The summed E-state index contributed by atoms with van der Waals surface area (Å²) in [6.45, 7) is 3.00. The lowest BCUT2D eigenvalue weighted by molar-refractivity contribution is 0.465. The summed E-state index contributed by atoms with van der Waals surface area (Å²) in [7, 11) is -1.42. The first-order valence-electron chi connectivity index (χ1n) is 5.49. The lowest BCUT2D eigenvalue weighted by Gasteiger charge is -2.20. The molecule has 0 amide bonds. The third-order valence-electron chi connectivity index (χ3n) is 3.09. The summed E-state index contributed by atoms with van der Waals surface area (Å²) in [5.74, 6) is 0.604. The standard InChI is InChI=1S/C10H17N3O2S/c1-9(10-11-5-8-12(10)2)16(14,15)13-6-3-4-7-13/h5,8-9H,3-4,6-7H2,1-2H3/t9-/m0/s1. The van der Waals surface area contributed by atoms with Crippen molar-refractivity contribution in [2.75, 3.05) is 13.1 Å². The van der Waals surface area contributed by atoms with Crippen molar-refractivity contribution in [1.29, 1.82) is 0 Å². The van der Waals surface area contributed by atoms with Gasteiger partial charge in [-0.1, -0.05) is 0 Å². The maximum absolute atomic E-state index is 12.3. The average Bonchev–Trinajstić information content (AvgIpc) is 2.86. The van der Waals surface area contributed by atoms with E-state index in [1.165, 1.54) is 0 Å². The fourth-order valence-corrected chi connectivity index (χ4v) is 3.78. The molecule has 1 saturated heterocycles. The van der Waals surface area contributed by atoms with E-state index in [9.17, 15) is 8.42 Å². The molecule has 2 heterocycles. The van der Waals surface area contributed by atoms with E-state index >= 15 is 0 Å². The maximum Gasteiger partial charge on any atom is 0.224 e. The fraction of sp³-hybridized carbons (Fsp3) is 0.700.